The molecule has 9 atom stereocenters. The van der Waals surface area contributed by atoms with Gasteiger partial charge in [0.2, 0.25) is 11.9 Å². The molecule has 4 aromatic rings. The van der Waals surface area contributed by atoms with Crippen molar-refractivity contribution in [2.24, 2.45) is 0 Å². The molecule has 450 valence electrons. The molecule has 2 aliphatic heterocycles. The van der Waals surface area contributed by atoms with Crippen molar-refractivity contribution in [1.29, 1.82) is 0 Å². The van der Waals surface area contributed by atoms with Gasteiger partial charge in [0.25, 0.3) is 11.1 Å². The van der Waals surface area contributed by atoms with Crippen LogP contribution in [0, 0.1) is 0 Å². The summed E-state index contributed by atoms with van der Waals surface area (Å²) in [5.74, 6) is 0.429. The van der Waals surface area contributed by atoms with Gasteiger partial charge in [0.05, 0.1) is 62.4 Å². The normalized spacial score (nSPS) is 20.6. The van der Waals surface area contributed by atoms with E-state index in [0.717, 1.165) is 0 Å². The summed E-state index contributed by atoms with van der Waals surface area (Å²) in [5, 5.41) is 51.7. The van der Waals surface area contributed by atoms with Gasteiger partial charge in [-0.05, 0) is 33.9 Å². The first kappa shape index (κ1) is 71.1. The zero-order valence-corrected chi connectivity index (χ0v) is 46.8. The third kappa shape index (κ3) is 24.5. The lowest BCUT2D eigenvalue weighted by molar-refractivity contribution is -0.900. The predicted octanol–water partition coefficient (Wildman–Crippen LogP) is 3.44. The molecule has 4 aromatic heterocycles. The van der Waals surface area contributed by atoms with Gasteiger partial charge in [-0.2, -0.15) is 18.6 Å². The smallest absolute Gasteiger partial charge is 0.394 e. The molecule has 13 N–H and O–H groups in total. The SMILES string of the molecule is C.C=CCNc1nc2c(ncn2[C@H]2CC(O)[C@@H](CO)O2)c(=O)[nH]1.C=CCNc1nc2c(ncn2[C@H]2CC(O)[C@@H](COP(=O)(O)OP(=O)(O)OP(=O)(O)O)O2)c(=O)[nH]1.CCCC[NH+](CCCC)CCCC.O=P[P+](=O)OOOOO.[HH]. The first-order chi connectivity index (χ1) is 37.0. The number of rotatable bonds is 30. The average Bonchev–Trinajstić information content (AvgIpc) is 4.19. The Morgan fingerprint density at radius 1 is 0.810 bits per heavy atom. The van der Waals surface area contributed by atoms with Crippen LogP contribution in [0.1, 0.15) is 93.4 Å². The van der Waals surface area contributed by atoms with Gasteiger partial charge in [-0.25, -0.2) is 33.5 Å². The van der Waals surface area contributed by atoms with Gasteiger partial charge in [0.1, 0.15) is 24.7 Å². The third-order valence-corrected chi connectivity index (χ3v) is 15.3. The number of aromatic amines is 2. The van der Waals surface area contributed by atoms with E-state index in [1.165, 1.54) is 75.4 Å². The predicted molar refractivity (Wildman–Crippen MR) is 281 cm³/mol. The van der Waals surface area contributed by atoms with Gasteiger partial charge < -0.3 is 59.9 Å². The van der Waals surface area contributed by atoms with Gasteiger partial charge in [-0.1, -0.05) is 59.6 Å². The summed E-state index contributed by atoms with van der Waals surface area (Å²) in [5.41, 5.74) is -0.272. The van der Waals surface area contributed by atoms with Crippen LogP contribution in [-0.4, -0.2) is 150 Å². The maximum atomic E-state index is 12.2. The molecule has 5 unspecified atom stereocenters. The first-order valence-electron chi connectivity index (χ1n) is 23.6. The van der Waals surface area contributed by atoms with Crippen molar-refractivity contribution in [2.75, 3.05) is 56.6 Å². The molecule has 6 heterocycles. The number of phosphoric ester groups is 1. The maximum Gasteiger partial charge on any atom is 0.641 e. The van der Waals surface area contributed by atoms with Gasteiger partial charge in [-0.3, -0.25) is 33.2 Å². The molecule has 2 saturated heterocycles. The number of unbranched alkanes of at least 4 members (excludes halogenated alkanes) is 3. The second-order valence-electron chi connectivity index (χ2n) is 16.4. The van der Waals surface area contributed by atoms with Crippen LogP contribution in [0.3, 0.4) is 0 Å². The van der Waals surface area contributed by atoms with Crippen LogP contribution >= 0.6 is 39.3 Å². The number of aliphatic hydroxyl groups excluding tert-OH is 3. The average molecular weight is 1230 g/mol. The van der Waals surface area contributed by atoms with Crippen LogP contribution in [-0.2, 0) is 65.2 Å². The highest BCUT2D eigenvalue weighted by atomic mass is 32.0. The standard InChI is InChI=1S/C13H20N5O13P3.C13H17N5O4.C12H27N.CH4.O7P2.H2/c1-2-3-14-13-16-11-10(12(20)17-13)15-6-18(11)9-4-7(19)8(29-9)5-28-33(24,25)31-34(26,27)30-32(21,22)23;1-2-3-14-13-16-11-10(12(21)17-13)15-6-18(11)9-4-7(20)8(5-19)22-9;1-4-7-10-13(11-8-5-2)12-9-6-3;;1-4-5-6-7-9(3)8-2;/h2,6-9,19H,1,3-5H2,(H,24,25)(H,26,27)(H2,21,22,23)(H2,14,16,17,20);2,6-9,19-20H,1,3-5H2,(H2,14,16,17,21);4-12H2,1-3H3;1H4;;1H/p+2/t2*7?,8-,9-;;;;/m11..../s1. The number of aliphatic hydroxyl groups is 3. The summed E-state index contributed by atoms with van der Waals surface area (Å²) in [6, 6.07) is 0. The number of aromatic nitrogens is 8. The second kappa shape index (κ2) is 35.7. The van der Waals surface area contributed by atoms with Crippen LogP contribution in [0.2, 0.25) is 0 Å². The molecular weight excluding hydrogens is 1160 g/mol. The molecule has 0 aromatic carbocycles. The highest BCUT2D eigenvalue weighted by Crippen LogP contribution is 2.66. The number of anilines is 2. The van der Waals surface area contributed by atoms with E-state index in [4.69, 9.17) is 34.5 Å². The number of nitrogens with zero attached hydrogens (tertiary/aromatic N) is 6. The molecule has 35 nitrogen and oxygen atoms in total. The maximum absolute atomic E-state index is 12.2. The lowest BCUT2D eigenvalue weighted by atomic mass is 10.2. The molecule has 6 rings (SSSR count). The van der Waals surface area contributed by atoms with Gasteiger partial charge in [-0.15, -0.1) is 13.2 Å². The minimum atomic E-state index is -5.68. The fourth-order valence-corrected chi connectivity index (χ4v) is 10.4. The Morgan fingerprint density at radius 3 is 1.66 bits per heavy atom. The molecule has 0 aliphatic carbocycles. The topological polar surface area (TPSA) is 486 Å². The van der Waals surface area contributed by atoms with Crippen molar-refractivity contribution in [3.63, 3.8) is 0 Å². The highest BCUT2D eigenvalue weighted by molar-refractivity contribution is 8.06. The van der Waals surface area contributed by atoms with Crippen LogP contribution in [0.15, 0.2) is 47.6 Å². The lowest BCUT2D eigenvalue weighted by Crippen LogP contribution is -3.12. The van der Waals surface area contributed by atoms with Gasteiger partial charge in [0.15, 0.2) is 22.3 Å². The Hall–Kier alpha value is -4.05. The fraction of sp³-hybridized carbons (Fsp3) is 0.641. The fourth-order valence-electron chi connectivity index (χ4n) is 7.06. The van der Waals surface area contributed by atoms with E-state index in [-0.39, 0.29) is 50.1 Å². The molecule has 0 bridgehead atoms. The first-order valence-corrected chi connectivity index (χ1v) is 30.9. The van der Waals surface area contributed by atoms with Crippen LogP contribution in [0.4, 0.5) is 11.9 Å². The minimum Gasteiger partial charge on any atom is -0.394 e. The van der Waals surface area contributed by atoms with Crippen molar-refractivity contribution in [1.82, 2.24) is 39.0 Å². The molecule has 2 fully saturated rings. The van der Waals surface area contributed by atoms with E-state index < -0.39 is 88.4 Å². The number of H-pyrrole nitrogens is 2. The van der Waals surface area contributed by atoms with Gasteiger partial charge in [0, 0.05) is 32.4 Å². The van der Waals surface area contributed by atoms with Crippen LogP contribution in [0.5, 0.6) is 0 Å². The zero-order valence-electron chi connectivity index (χ0n) is 42.3. The third-order valence-electron chi connectivity index (χ3n) is 10.6. The molecule has 0 amide bonds. The summed E-state index contributed by atoms with van der Waals surface area (Å²) in [6.45, 7) is 17.8. The largest absolute Gasteiger partial charge is 0.641 e. The highest BCUT2D eigenvalue weighted by Gasteiger charge is 2.43. The van der Waals surface area contributed by atoms with Crippen molar-refractivity contribution < 1.29 is 112 Å². The monoisotopic (exact) mass is 1230 g/mol. The molecular formula is C39H72N11O24P5+2. The molecule has 2 aliphatic rings. The second-order valence-corrected chi connectivity index (χ2v) is 23.1. The Balaban J connectivity index is 0.000000595. The summed E-state index contributed by atoms with van der Waals surface area (Å²) >= 11 is 0. The summed E-state index contributed by atoms with van der Waals surface area (Å²) in [6.07, 6.45) is 8.94. The van der Waals surface area contributed by atoms with E-state index in [0.29, 0.717) is 31.1 Å². The number of hydrogen-bond acceptors (Lipinski definition) is 26. The number of ether oxygens (including phenoxy) is 2. The number of nitrogens with one attached hydrogen (secondary N) is 5. The number of hydrogen-bond donors (Lipinski definition) is 13. The van der Waals surface area contributed by atoms with Crippen molar-refractivity contribution >= 4 is 73.6 Å². The summed E-state index contributed by atoms with van der Waals surface area (Å²) in [4.78, 5) is 83.5. The van der Waals surface area contributed by atoms with Crippen LogP contribution < -0.4 is 26.7 Å². The van der Waals surface area contributed by atoms with E-state index in [9.17, 15) is 47.5 Å². The molecule has 0 spiro atoms. The van der Waals surface area contributed by atoms with Crippen molar-refractivity contribution in [3.05, 3.63) is 58.7 Å². The molecule has 0 saturated carbocycles. The zero-order chi connectivity index (χ0) is 58.1. The Bertz CT molecular complexity index is 2770. The summed E-state index contributed by atoms with van der Waals surface area (Å²) in [7, 11) is -19.8. The van der Waals surface area contributed by atoms with Crippen molar-refractivity contribution in [3.8, 4) is 0 Å². The summed E-state index contributed by atoms with van der Waals surface area (Å²) < 4.78 is 82.8. The Morgan fingerprint density at radius 2 is 1.27 bits per heavy atom. The van der Waals surface area contributed by atoms with E-state index in [1.54, 1.807) is 16.7 Å². The number of quaternary nitrogens is 1. The van der Waals surface area contributed by atoms with E-state index in [2.05, 4.69) is 107 Å². The van der Waals surface area contributed by atoms with Crippen LogP contribution in [0.25, 0.3) is 22.3 Å². The van der Waals surface area contributed by atoms with Gasteiger partial charge >= 0.3 is 39.3 Å². The molecule has 79 heavy (non-hydrogen) atoms. The number of phosphoric acid groups is 3. The van der Waals surface area contributed by atoms with E-state index in [1.807, 2.05) is 4.90 Å². The minimum absolute atomic E-state index is 0. The number of imidazole rings is 2. The van der Waals surface area contributed by atoms with Crippen molar-refractivity contribution in [2.45, 2.75) is 116 Å². The quantitative estimate of drug-likeness (QED) is 0.0117. The van der Waals surface area contributed by atoms with E-state index >= 15 is 0 Å². The lowest BCUT2D eigenvalue weighted by Gasteiger charge is -2.19. The number of fused-ring (bicyclic) bond motifs is 2. The Kier molecular flexibility index (Phi) is 32.1. The molecule has 0 radical (unpaired) electrons. The Labute approximate surface area is 454 Å². The molecule has 40 heteroatoms.